The van der Waals surface area contributed by atoms with Crippen molar-refractivity contribution in [1.29, 1.82) is 5.26 Å². The van der Waals surface area contributed by atoms with E-state index >= 15 is 0 Å². The Morgan fingerprint density at radius 2 is 2.15 bits per heavy atom. The average molecular weight is 364 g/mol. The molecular weight excluding hydrogens is 353 g/mol. The van der Waals surface area contributed by atoms with Crippen molar-refractivity contribution in [2.75, 3.05) is 5.32 Å². The highest BCUT2D eigenvalue weighted by Gasteiger charge is 2.31. The Morgan fingerprint density at radius 3 is 2.77 bits per heavy atom. The highest BCUT2D eigenvalue weighted by molar-refractivity contribution is 5.91. The molecule has 0 aliphatic carbocycles. The second-order valence-electron chi connectivity index (χ2n) is 5.38. The quantitative estimate of drug-likeness (QED) is 0.748. The topological polar surface area (TPSA) is 114 Å². The molecule has 0 spiro atoms. The number of anilines is 1. The van der Waals surface area contributed by atoms with Gasteiger partial charge < -0.3 is 4.57 Å². The van der Waals surface area contributed by atoms with Crippen molar-refractivity contribution in [2.24, 2.45) is 0 Å². The molecular formula is C14H11F3N8O. The minimum absolute atomic E-state index is 0.0929. The molecule has 26 heavy (non-hydrogen) atoms. The molecule has 2 aromatic heterocycles. The number of halogens is 3. The molecule has 1 N–H and O–H groups in total. The van der Waals surface area contributed by atoms with Crippen molar-refractivity contribution in [3.63, 3.8) is 0 Å². The van der Waals surface area contributed by atoms with Crippen LogP contribution in [0.5, 0.6) is 0 Å². The Morgan fingerprint density at radius 1 is 1.38 bits per heavy atom. The van der Waals surface area contributed by atoms with E-state index in [4.69, 9.17) is 5.26 Å². The van der Waals surface area contributed by atoms with Crippen molar-refractivity contribution in [2.45, 2.75) is 26.2 Å². The Labute approximate surface area is 144 Å². The number of alkyl halides is 3. The molecule has 2 heterocycles. The Hall–Kier alpha value is -3.49. The number of benzene rings is 1. The van der Waals surface area contributed by atoms with E-state index in [2.05, 4.69) is 25.8 Å². The summed E-state index contributed by atoms with van der Waals surface area (Å²) in [6, 6.07) is 6.00. The lowest BCUT2D eigenvalue weighted by molar-refractivity contribution is -0.139. The number of rotatable bonds is 4. The zero-order chi connectivity index (χ0) is 18.9. The van der Waals surface area contributed by atoms with Gasteiger partial charge in [0.25, 0.3) is 0 Å². The number of nitrogens with one attached hydrogen (secondary N) is 1. The van der Waals surface area contributed by atoms with Gasteiger partial charge in [-0.2, -0.15) is 18.4 Å². The summed E-state index contributed by atoms with van der Waals surface area (Å²) >= 11 is 0. The van der Waals surface area contributed by atoms with Crippen LogP contribution in [0.2, 0.25) is 0 Å². The molecule has 0 aliphatic heterocycles. The van der Waals surface area contributed by atoms with Crippen LogP contribution in [0.25, 0.3) is 11.0 Å². The zero-order valence-corrected chi connectivity index (χ0v) is 13.3. The number of aryl methyl sites for hydroxylation is 1. The van der Waals surface area contributed by atoms with Crippen LogP contribution >= 0.6 is 0 Å². The van der Waals surface area contributed by atoms with Crippen molar-refractivity contribution in [3.8, 4) is 6.07 Å². The minimum atomic E-state index is -4.54. The van der Waals surface area contributed by atoms with Crippen LogP contribution in [0.1, 0.15) is 11.4 Å². The standard InChI is InChI=1S/C14H11F3N8O/c1-8-21-22-23-25(8)6-12(26)20-13-19-10-3-2-9(5-18)4-11(10)24(13)7-14(15,16)17/h2-4H,6-7H2,1H3,(H,19,20,26). The van der Waals surface area contributed by atoms with Crippen molar-refractivity contribution < 1.29 is 18.0 Å². The minimum Gasteiger partial charge on any atom is -0.301 e. The number of fused-ring (bicyclic) bond motifs is 1. The average Bonchev–Trinajstić information content (AvgIpc) is 3.10. The van der Waals surface area contributed by atoms with Gasteiger partial charge in [0.1, 0.15) is 18.9 Å². The predicted molar refractivity (Wildman–Crippen MR) is 81.7 cm³/mol. The third-order valence-electron chi connectivity index (χ3n) is 3.47. The second-order valence-corrected chi connectivity index (χ2v) is 5.38. The van der Waals surface area contributed by atoms with Gasteiger partial charge in [0.15, 0.2) is 0 Å². The molecule has 0 saturated heterocycles. The van der Waals surface area contributed by atoms with E-state index in [1.54, 1.807) is 6.92 Å². The number of aromatic nitrogens is 6. The summed E-state index contributed by atoms with van der Waals surface area (Å²) in [6.45, 7) is -0.0645. The van der Waals surface area contributed by atoms with E-state index in [1.165, 1.54) is 22.9 Å². The molecule has 0 aliphatic rings. The summed E-state index contributed by atoms with van der Waals surface area (Å²) in [5.41, 5.74) is 0.500. The first-order valence-electron chi connectivity index (χ1n) is 7.26. The van der Waals surface area contributed by atoms with Crippen molar-refractivity contribution in [3.05, 3.63) is 29.6 Å². The Kier molecular flexibility index (Phi) is 4.29. The lowest BCUT2D eigenvalue weighted by Gasteiger charge is -2.12. The molecule has 1 amide bonds. The summed E-state index contributed by atoms with van der Waals surface area (Å²) in [4.78, 5) is 16.2. The number of carbonyl (C=O) groups is 1. The number of nitrogens with zero attached hydrogens (tertiary/aromatic N) is 7. The zero-order valence-electron chi connectivity index (χ0n) is 13.3. The monoisotopic (exact) mass is 364 g/mol. The van der Waals surface area contributed by atoms with Crippen LogP contribution in [0, 0.1) is 18.3 Å². The highest BCUT2D eigenvalue weighted by Crippen LogP contribution is 2.26. The molecule has 0 bridgehead atoms. The van der Waals surface area contributed by atoms with Gasteiger partial charge >= 0.3 is 6.18 Å². The van der Waals surface area contributed by atoms with E-state index in [0.29, 0.717) is 5.82 Å². The number of tetrazole rings is 1. The summed E-state index contributed by atoms with van der Waals surface area (Å²) in [5.74, 6) is -0.537. The largest absolute Gasteiger partial charge is 0.406 e. The lowest BCUT2D eigenvalue weighted by atomic mass is 10.2. The predicted octanol–water partition coefficient (Wildman–Crippen LogP) is 1.40. The van der Waals surface area contributed by atoms with Gasteiger partial charge in [0, 0.05) is 0 Å². The number of imidazole rings is 1. The molecule has 3 rings (SSSR count). The van der Waals surface area contributed by atoms with Gasteiger partial charge in [-0.25, -0.2) is 9.67 Å². The summed E-state index contributed by atoms with van der Waals surface area (Å²) < 4.78 is 40.8. The third kappa shape index (κ3) is 3.61. The van der Waals surface area contributed by atoms with Gasteiger partial charge in [-0.3, -0.25) is 10.1 Å². The third-order valence-corrected chi connectivity index (χ3v) is 3.47. The van der Waals surface area contributed by atoms with Gasteiger partial charge in [0.2, 0.25) is 11.9 Å². The van der Waals surface area contributed by atoms with Crippen LogP contribution in [-0.2, 0) is 17.9 Å². The molecule has 9 nitrogen and oxygen atoms in total. The van der Waals surface area contributed by atoms with Gasteiger partial charge in [-0.1, -0.05) is 0 Å². The number of carbonyl (C=O) groups excluding carboxylic acids is 1. The number of nitriles is 1. The first-order valence-corrected chi connectivity index (χ1v) is 7.26. The van der Waals surface area contributed by atoms with E-state index in [-0.39, 0.29) is 29.1 Å². The highest BCUT2D eigenvalue weighted by atomic mass is 19.4. The molecule has 1 aromatic carbocycles. The van der Waals surface area contributed by atoms with E-state index in [9.17, 15) is 18.0 Å². The molecule has 0 atom stereocenters. The SMILES string of the molecule is Cc1nnnn1CC(=O)Nc1nc2ccc(C#N)cc2n1CC(F)(F)F. The first kappa shape index (κ1) is 17.3. The fourth-order valence-corrected chi connectivity index (χ4v) is 2.32. The Bertz CT molecular complexity index is 1010. The maximum Gasteiger partial charge on any atom is 0.406 e. The van der Waals surface area contributed by atoms with Crippen molar-refractivity contribution in [1.82, 2.24) is 29.8 Å². The van der Waals surface area contributed by atoms with Gasteiger partial charge in [-0.05, 0) is 35.5 Å². The van der Waals surface area contributed by atoms with Crippen LogP contribution in [0.15, 0.2) is 18.2 Å². The molecule has 0 unspecified atom stereocenters. The Balaban J connectivity index is 1.96. The molecule has 0 radical (unpaired) electrons. The van der Waals surface area contributed by atoms with E-state index in [0.717, 1.165) is 4.57 Å². The summed E-state index contributed by atoms with van der Waals surface area (Å²) in [7, 11) is 0. The maximum absolute atomic E-state index is 12.9. The molecule has 12 heteroatoms. The molecule has 134 valence electrons. The molecule has 0 fully saturated rings. The summed E-state index contributed by atoms with van der Waals surface area (Å²) in [6.07, 6.45) is -4.54. The second kappa shape index (κ2) is 6.43. The van der Waals surface area contributed by atoms with Crippen LogP contribution in [0.3, 0.4) is 0 Å². The number of hydrogen-bond acceptors (Lipinski definition) is 6. The number of amides is 1. The van der Waals surface area contributed by atoms with E-state index < -0.39 is 18.6 Å². The lowest BCUT2D eigenvalue weighted by Crippen LogP contribution is -2.25. The molecule has 3 aromatic rings. The maximum atomic E-state index is 12.9. The number of hydrogen-bond donors (Lipinski definition) is 1. The normalized spacial score (nSPS) is 11.5. The molecule has 0 saturated carbocycles. The summed E-state index contributed by atoms with van der Waals surface area (Å²) in [5, 5.41) is 21.9. The fourth-order valence-electron chi connectivity index (χ4n) is 2.32. The van der Waals surface area contributed by atoms with Crippen molar-refractivity contribution >= 4 is 22.9 Å². The smallest absolute Gasteiger partial charge is 0.301 e. The fraction of sp³-hybridized carbons (Fsp3) is 0.286. The van der Waals surface area contributed by atoms with Gasteiger partial charge in [0.05, 0.1) is 22.7 Å². The van der Waals surface area contributed by atoms with Crippen LogP contribution < -0.4 is 5.32 Å². The first-order chi connectivity index (χ1) is 12.3. The van der Waals surface area contributed by atoms with Crippen LogP contribution in [-0.4, -0.2) is 41.8 Å². The van der Waals surface area contributed by atoms with Crippen LogP contribution in [0.4, 0.5) is 19.1 Å². The van der Waals surface area contributed by atoms with E-state index in [1.807, 2.05) is 6.07 Å². The van der Waals surface area contributed by atoms with Gasteiger partial charge in [-0.15, -0.1) is 5.10 Å².